The summed E-state index contributed by atoms with van der Waals surface area (Å²) in [5.74, 6) is -0.269. The molecule has 5 nitrogen and oxygen atoms in total. The monoisotopic (exact) mass is 1200 g/mol. The van der Waals surface area contributed by atoms with Crippen molar-refractivity contribution in [2.24, 2.45) is 0 Å². The molecular formula is C67H36F15N5. The van der Waals surface area contributed by atoms with Gasteiger partial charge in [-0.1, -0.05) is 133 Å². The van der Waals surface area contributed by atoms with Gasteiger partial charge in [0.15, 0.2) is 11.6 Å². The van der Waals surface area contributed by atoms with Crippen LogP contribution in [0.3, 0.4) is 0 Å². The highest BCUT2D eigenvalue weighted by Gasteiger charge is 2.40. The molecule has 0 bridgehead atoms. The van der Waals surface area contributed by atoms with Crippen LogP contribution < -0.4 is 0 Å². The van der Waals surface area contributed by atoms with Crippen LogP contribution in [0, 0.1) is 0 Å². The van der Waals surface area contributed by atoms with Gasteiger partial charge in [-0.2, -0.15) is 65.9 Å². The van der Waals surface area contributed by atoms with E-state index < -0.39 is 69.8 Å². The first kappa shape index (κ1) is 57.3. The summed E-state index contributed by atoms with van der Waals surface area (Å²) >= 11 is 0. The average Bonchev–Trinajstić information content (AvgIpc) is 1.82. The van der Waals surface area contributed by atoms with Crippen molar-refractivity contribution in [3.63, 3.8) is 0 Å². The molecule has 3 heterocycles. The molecule has 20 heteroatoms. The Hall–Kier alpha value is -10.1. The molecule has 9 aromatic carbocycles. The Kier molecular flexibility index (Phi) is 14.1. The summed E-state index contributed by atoms with van der Waals surface area (Å²) in [7, 11) is 0. The van der Waals surface area contributed by atoms with Crippen LogP contribution in [0.4, 0.5) is 65.9 Å². The van der Waals surface area contributed by atoms with Crippen LogP contribution in [0.5, 0.6) is 0 Å². The first-order valence-electron chi connectivity index (χ1n) is 26.2. The van der Waals surface area contributed by atoms with E-state index in [2.05, 4.69) is 0 Å². The van der Waals surface area contributed by atoms with Crippen LogP contribution in [0.15, 0.2) is 218 Å². The highest BCUT2D eigenvalue weighted by atomic mass is 19.4. The second-order valence-corrected chi connectivity index (χ2v) is 20.2. The highest BCUT2D eigenvalue weighted by Crippen LogP contribution is 2.48. The van der Waals surface area contributed by atoms with Crippen LogP contribution >= 0.6 is 0 Å². The summed E-state index contributed by atoms with van der Waals surface area (Å²) in [4.78, 5) is 19.7. The molecule has 0 saturated heterocycles. The summed E-state index contributed by atoms with van der Waals surface area (Å²) in [6.45, 7) is 0. The molecule has 3 aromatic heterocycles. The fourth-order valence-corrected chi connectivity index (χ4v) is 10.4. The molecule has 0 aliphatic rings. The first-order chi connectivity index (χ1) is 41.2. The van der Waals surface area contributed by atoms with Crippen LogP contribution in [-0.2, 0) is 30.9 Å². The molecule has 0 N–H and O–H groups in total. The minimum atomic E-state index is -5.30. The van der Waals surface area contributed by atoms with Gasteiger partial charge in [-0.3, -0.25) is 0 Å². The summed E-state index contributed by atoms with van der Waals surface area (Å²) < 4.78 is 223. The molecule has 0 fully saturated rings. The van der Waals surface area contributed by atoms with Gasteiger partial charge < -0.3 is 4.57 Å². The second-order valence-electron chi connectivity index (χ2n) is 20.2. The third-order valence-electron chi connectivity index (χ3n) is 14.5. The van der Waals surface area contributed by atoms with Crippen molar-refractivity contribution >= 4 is 21.8 Å². The van der Waals surface area contributed by atoms with Crippen molar-refractivity contribution in [3.05, 3.63) is 246 Å². The van der Waals surface area contributed by atoms with Crippen LogP contribution in [0.25, 0.3) is 118 Å². The lowest BCUT2D eigenvalue weighted by molar-refractivity contribution is -0.144. The SMILES string of the molecule is FC(F)(F)c1cc(-c2ccc3c(c2)c2cc(-c4cc(C(F)(F)F)cc(C(F)(F)F)c4)ccc2n3-c2c(-c3cc(-c4ccccc4)nc(-c4ccccc4)n3)cc(C(F)(F)F)cc2-c2nc(-c3ccccc3)cc(-c3ccccc3)n2)cc(C(F)(F)F)c1. The predicted molar refractivity (Wildman–Crippen MR) is 300 cm³/mol. The van der Waals surface area contributed by atoms with Crippen molar-refractivity contribution in [2.45, 2.75) is 30.9 Å². The third kappa shape index (κ3) is 11.5. The number of fused-ring (bicyclic) bond motifs is 3. The van der Waals surface area contributed by atoms with E-state index >= 15 is 13.2 Å². The van der Waals surface area contributed by atoms with Crippen molar-refractivity contribution in [1.82, 2.24) is 24.5 Å². The molecule has 0 aliphatic carbocycles. The lowest BCUT2D eigenvalue weighted by atomic mass is 9.96. The fraction of sp³-hybridized carbons (Fsp3) is 0.0746. The molecule has 434 valence electrons. The lowest BCUT2D eigenvalue weighted by Crippen LogP contribution is -2.11. The number of hydrogen-bond donors (Lipinski definition) is 0. The average molecular weight is 1200 g/mol. The summed E-state index contributed by atoms with van der Waals surface area (Å²) in [5.41, 5.74) is -8.05. The number of alkyl halides is 15. The topological polar surface area (TPSA) is 56.5 Å². The van der Waals surface area contributed by atoms with Gasteiger partial charge in [-0.25, -0.2) is 19.9 Å². The number of rotatable bonds is 9. The van der Waals surface area contributed by atoms with E-state index in [0.29, 0.717) is 46.5 Å². The molecule has 0 amide bonds. The second kappa shape index (κ2) is 21.4. The zero-order chi connectivity index (χ0) is 61.4. The maximum Gasteiger partial charge on any atom is 0.416 e. The number of halogens is 15. The Bertz CT molecular complexity index is 4130. The Morgan fingerprint density at radius 3 is 0.920 bits per heavy atom. The molecule has 0 spiro atoms. The van der Waals surface area contributed by atoms with Gasteiger partial charge in [-0.15, -0.1) is 0 Å². The van der Waals surface area contributed by atoms with E-state index in [0.717, 1.165) is 12.1 Å². The van der Waals surface area contributed by atoms with Gasteiger partial charge in [0.25, 0.3) is 0 Å². The van der Waals surface area contributed by atoms with E-state index in [1.54, 1.807) is 127 Å². The molecule has 0 unspecified atom stereocenters. The fourth-order valence-electron chi connectivity index (χ4n) is 10.4. The molecule has 12 aromatic rings. The van der Waals surface area contributed by atoms with Crippen LogP contribution in [-0.4, -0.2) is 24.5 Å². The van der Waals surface area contributed by atoms with Gasteiger partial charge in [-0.05, 0) is 107 Å². The van der Waals surface area contributed by atoms with Gasteiger partial charge in [0.05, 0.1) is 67.3 Å². The van der Waals surface area contributed by atoms with Crippen LogP contribution in [0.2, 0.25) is 0 Å². The Balaban J connectivity index is 1.26. The number of nitrogens with zero attached hydrogens (tertiary/aromatic N) is 5. The molecule has 0 radical (unpaired) electrons. The predicted octanol–water partition coefficient (Wildman–Crippen LogP) is 20.8. The number of aromatic nitrogens is 5. The van der Waals surface area contributed by atoms with Gasteiger partial charge >= 0.3 is 30.9 Å². The lowest BCUT2D eigenvalue weighted by Gasteiger charge is -2.22. The van der Waals surface area contributed by atoms with E-state index in [9.17, 15) is 52.7 Å². The maximum atomic E-state index is 16.0. The maximum absolute atomic E-state index is 16.0. The number of benzene rings is 9. The smallest absolute Gasteiger partial charge is 0.308 e. The van der Waals surface area contributed by atoms with E-state index in [1.165, 1.54) is 47.0 Å². The zero-order valence-corrected chi connectivity index (χ0v) is 44.2. The quantitative estimate of drug-likeness (QED) is 0.135. The highest BCUT2D eigenvalue weighted by molar-refractivity contribution is 6.13. The largest absolute Gasteiger partial charge is 0.416 e. The summed E-state index contributed by atoms with van der Waals surface area (Å²) in [5, 5.41) is -0.173. The standard InChI is InChI=1S/C67H36F15N5/c68-63(69,70)45-25-43(26-46(31-45)64(71,72)73)41-21-23-58-50(29-41)51-30-42(44-27-47(65(74,75)76)32-48(28-44)66(77,78)79)22-24-59(51)87(58)60-52(57-36-56(39-17-9-3-10-18-39)83-61(86-57)40-19-11-4-12-20-40)33-49(67(80,81)82)34-53(60)62-84-54(37-13-5-1-6-14-37)35-55(85-62)38-15-7-2-8-16-38/h1-36H. The van der Waals surface area contributed by atoms with E-state index in [4.69, 9.17) is 19.9 Å². The Morgan fingerprint density at radius 2 is 0.552 bits per heavy atom. The minimum Gasteiger partial charge on any atom is -0.308 e. The molecule has 87 heavy (non-hydrogen) atoms. The molecule has 0 atom stereocenters. The van der Waals surface area contributed by atoms with Crippen molar-refractivity contribution in [2.75, 3.05) is 0 Å². The van der Waals surface area contributed by atoms with Gasteiger partial charge in [0.2, 0.25) is 0 Å². The first-order valence-corrected chi connectivity index (χ1v) is 26.2. The number of hydrogen-bond acceptors (Lipinski definition) is 4. The van der Waals surface area contributed by atoms with Crippen molar-refractivity contribution in [3.8, 4) is 95.7 Å². The van der Waals surface area contributed by atoms with Crippen LogP contribution in [0.1, 0.15) is 27.8 Å². The van der Waals surface area contributed by atoms with Crippen molar-refractivity contribution in [1.29, 1.82) is 0 Å². The summed E-state index contributed by atoms with van der Waals surface area (Å²) in [6, 6.07) is 47.9. The molecular weight excluding hydrogens is 1160 g/mol. The Morgan fingerprint density at radius 1 is 0.241 bits per heavy atom. The normalized spacial score (nSPS) is 12.5. The molecule has 0 aliphatic heterocycles. The van der Waals surface area contributed by atoms with Gasteiger partial charge in [0, 0.05) is 44.2 Å². The minimum absolute atomic E-state index is 0.0284. The van der Waals surface area contributed by atoms with Crippen molar-refractivity contribution < 1.29 is 65.9 Å². The zero-order valence-electron chi connectivity index (χ0n) is 44.2. The molecule has 12 rings (SSSR count). The molecule has 0 saturated carbocycles. The van der Waals surface area contributed by atoms with Gasteiger partial charge in [0.1, 0.15) is 0 Å². The van der Waals surface area contributed by atoms with E-state index in [1.807, 2.05) is 0 Å². The Labute approximate surface area is 483 Å². The third-order valence-corrected chi connectivity index (χ3v) is 14.5. The summed E-state index contributed by atoms with van der Waals surface area (Å²) in [6.07, 6.45) is -26.3. The van der Waals surface area contributed by atoms with E-state index in [-0.39, 0.29) is 96.3 Å².